The second kappa shape index (κ2) is 7.69. The Bertz CT molecular complexity index is 515. The summed E-state index contributed by atoms with van der Waals surface area (Å²) in [5, 5.41) is 12.6. The number of hydrogen-bond acceptors (Lipinski definition) is 6. The Morgan fingerprint density at radius 2 is 2.00 bits per heavy atom. The number of thiocarbonyl (C=S) groups is 1. The lowest BCUT2D eigenvalue weighted by atomic mass is 10.2. The molecule has 9 heteroatoms. The normalized spacial score (nSPS) is 20.7. The number of aliphatic carboxylic acids is 1. The van der Waals surface area contributed by atoms with E-state index in [1.165, 1.54) is 0 Å². The molecule has 1 unspecified atom stereocenters. The maximum absolute atomic E-state index is 12.1. The molecule has 1 heterocycles. The van der Waals surface area contributed by atoms with Crippen LogP contribution >= 0.6 is 12.2 Å². The molecule has 0 aliphatic carbocycles. The van der Waals surface area contributed by atoms with Crippen molar-refractivity contribution in [3.63, 3.8) is 0 Å². The fourth-order valence-corrected chi connectivity index (χ4v) is 2.38. The van der Waals surface area contributed by atoms with E-state index < -0.39 is 17.7 Å². The minimum atomic E-state index is -0.821. The van der Waals surface area contributed by atoms with Crippen LogP contribution in [-0.4, -0.2) is 44.9 Å². The first kappa shape index (κ1) is 19.3. The highest BCUT2D eigenvalue weighted by Crippen LogP contribution is 2.20. The van der Waals surface area contributed by atoms with Crippen LogP contribution in [-0.2, 0) is 14.4 Å². The zero-order valence-electron chi connectivity index (χ0n) is 13.9. The lowest BCUT2D eigenvalue weighted by Crippen LogP contribution is -2.64. The number of carboxylic acid groups (broad SMARTS) is 1. The fourth-order valence-electron chi connectivity index (χ4n) is 2.07. The van der Waals surface area contributed by atoms with Crippen molar-refractivity contribution >= 4 is 35.3 Å². The predicted molar refractivity (Wildman–Crippen MR) is 87.4 cm³/mol. The number of oxime groups is 1. The van der Waals surface area contributed by atoms with Crippen LogP contribution in [0.1, 0.15) is 53.4 Å². The lowest BCUT2D eigenvalue weighted by molar-refractivity contribution is -0.789. The summed E-state index contributed by atoms with van der Waals surface area (Å²) in [6, 6.07) is 0. The number of nitrogens with one attached hydrogen (secondary N) is 1. The van der Waals surface area contributed by atoms with Gasteiger partial charge in [0.1, 0.15) is 12.1 Å². The van der Waals surface area contributed by atoms with E-state index in [0.717, 1.165) is 0 Å². The van der Waals surface area contributed by atoms with E-state index in [-0.39, 0.29) is 16.2 Å². The standard InChI is InChI=1S/C14H23N3O5S/c1-10-16-22-13(23)17(10,9-7-5-6-8-11(18)19)15-12(20)21-14(2,3)4/h5-9H2,1-4H3,(H-,15,18,19,20)/p+1. The summed E-state index contributed by atoms with van der Waals surface area (Å²) in [5.41, 5.74) is 2.08. The predicted octanol–water partition coefficient (Wildman–Crippen LogP) is 2.54. The molecule has 1 aliphatic heterocycles. The molecule has 23 heavy (non-hydrogen) atoms. The van der Waals surface area contributed by atoms with Crippen molar-refractivity contribution in [3.8, 4) is 0 Å². The second-order valence-corrected chi connectivity index (χ2v) is 6.70. The number of carboxylic acids is 1. The van der Waals surface area contributed by atoms with Crippen molar-refractivity contribution in [3.05, 3.63) is 0 Å². The van der Waals surface area contributed by atoms with Crippen molar-refractivity contribution in [2.24, 2.45) is 5.16 Å². The molecule has 1 rings (SSSR count). The van der Waals surface area contributed by atoms with E-state index in [0.29, 0.717) is 31.6 Å². The average molecular weight is 346 g/mol. The Kier molecular flexibility index (Phi) is 6.46. The molecule has 0 saturated carbocycles. The number of ether oxygens (including phenoxy) is 1. The van der Waals surface area contributed by atoms with Gasteiger partial charge in [-0.05, 0) is 45.2 Å². The van der Waals surface area contributed by atoms with E-state index in [2.05, 4.69) is 10.6 Å². The Balaban J connectivity index is 2.69. The smallest absolute Gasteiger partial charge is 0.453 e. The van der Waals surface area contributed by atoms with E-state index in [9.17, 15) is 9.59 Å². The Morgan fingerprint density at radius 3 is 2.48 bits per heavy atom. The molecule has 0 radical (unpaired) electrons. The van der Waals surface area contributed by atoms with Crippen LogP contribution in [0.3, 0.4) is 0 Å². The molecule has 0 aromatic heterocycles. The first-order valence-electron chi connectivity index (χ1n) is 7.45. The summed E-state index contributed by atoms with van der Waals surface area (Å²) < 4.78 is 5.07. The van der Waals surface area contributed by atoms with Crippen LogP contribution in [0.4, 0.5) is 4.79 Å². The van der Waals surface area contributed by atoms with Gasteiger partial charge in [-0.3, -0.25) is 9.63 Å². The Hall–Kier alpha value is -1.74. The van der Waals surface area contributed by atoms with Gasteiger partial charge in [0.15, 0.2) is 0 Å². The third-order valence-electron chi connectivity index (χ3n) is 3.19. The van der Waals surface area contributed by atoms with Gasteiger partial charge in [0.2, 0.25) is 0 Å². The third kappa shape index (κ3) is 5.76. The van der Waals surface area contributed by atoms with E-state index in [4.69, 9.17) is 26.9 Å². The first-order chi connectivity index (χ1) is 10.6. The molecule has 0 fully saturated rings. The van der Waals surface area contributed by atoms with Crippen molar-refractivity contribution in [1.29, 1.82) is 0 Å². The maximum Gasteiger partial charge on any atom is 0.453 e. The highest BCUT2D eigenvalue weighted by Gasteiger charge is 2.47. The number of unbranched alkanes of at least 4 members (excludes halogenated alkanes) is 2. The zero-order valence-corrected chi connectivity index (χ0v) is 14.7. The molecule has 0 bridgehead atoms. The summed E-state index contributed by atoms with van der Waals surface area (Å²) in [6.07, 6.45) is 1.40. The van der Waals surface area contributed by atoms with E-state index in [1.807, 2.05) is 0 Å². The van der Waals surface area contributed by atoms with Crippen LogP contribution in [0.25, 0.3) is 0 Å². The number of carbonyl (C=O) groups is 2. The van der Waals surface area contributed by atoms with Crippen LogP contribution in [0.2, 0.25) is 0 Å². The number of nitrogens with zero attached hydrogens (tertiary/aromatic N) is 2. The van der Waals surface area contributed by atoms with E-state index >= 15 is 0 Å². The second-order valence-electron chi connectivity index (χ2n) is 6.35. The van der Waals surface area contributed by atoms with Gasteiger partial charge < -0.3 is 9.84 Å². The van der Waals surface area contributed by atoms with Crippen LogP contribution in [0, 0.1) is 0 Å². The minimum absolute atomic E-state index is 0.117. The molecular formula is C14H24N3O5S+. The minimum Gasteiger partial charge on any atom is -0.481 e. The van der Waals surface area contributed by atoms with Gasteiger partial charge in [-0.15, -0.1) is 0 Å². The summed E-state index contributed by atoms with van der Waals surface area (Å²) in [5.74, 6) is -0.322. The van der Waals surface area contributed by atoms with E-state index in [1.54, 1.807) is 27.7 Å². The fraction of sp³-hybridized carbons (Fsp3) is 0.714. The monoisotopic (exact) mass is 346 g/mol. The number of quaternary nitrogens is 1. The SMILES string of the molecule is CC1=NOC(=S)[N+]1(CCCCCC(=O)O)NC(=O)OC(C)(C)C. The molecule has 0 spiro atoms. The summed E-state index contributed by atoms with van der Waals surface area (Å²) in [4.78, 5) is 27.7. The summed E-state index contributed by atoms with van der Waals surface area (Å²) >= 11 is 5.18. The van der Waals surface area contributed by atoms with Gasteiger partial charge >= 0.3 is 17.2 Å². The number of amidine groups is 1. The zero-order chi connectivity index (χ0) is 17.7. The van der Waals surface area contributed by atoms with Crippen LogP contribution in [0.15, 0.2) is 5.16 Å². The average Bonchev–Trinajstić information content (AvgIpc) is 2.64. The molecule has 130 valence electrons. The van der Waals surface area contributed by atoms with Gasteiger partial charge in [0.05, 0.1) is 0 Å². The molecule has 1 atom stereocenters. The lowest BCUT2D eigenvalue weighted by Gasteiger charge is -2.30. The Labute approximate surface area is 141 Å². The molecule has 1 aliphatic rings. The van der Waals surface area contributed by atoms with Crippen molar-refractivity contribution in [1.82, 2.24) is 5.43 Å². The maximum atomic E-state index is 12.1. The largest absolute Gasteiger partial charge is 0.481 e. The molecular weight excluding hydrogens is 322 g/mol. The highest BCUT2D eigenvalue weighted by molar-refractivity contribution is 7.79. The molecule has 8 nitrogen and oxygen atoms in total. The van der Waals surface area contributed by atoms with Crippen LogP contribution < -0.4 is 5.43 Å². The van der Waals surface area contributed by atoms with Crippen molar-refractivity contribution in [2.75, 3.05) is 6.54 Å². The first-order valence-corrected chi connectivity index (χ1v) is 7.85. The molecule has 1 amide bonds. The molecule has 0 aromatic carbocycles. The van der Waals surface area contributed by atoms with Crippen LogP contribution in [0.5, 0.6) is 0 Å². The number of carbonyl (C=O) groups excluding carboxylic acids is 1. The summed E-state index contributed by atoms with van der Waals surface area (Å²) in [7, 11) is 0. The quantitative estimate of drug-likeness (QED) is 0.418. The van der Waals surface area contributed by atoms with Gasteiger partial charge in [-0.2, -0.15) is 5.43 Å². The molecule has 0 saturated heterocycles. The number of amides is 1. The number of hydrogen-bond donors (Lipinski definition) is 2. The van der Waals surface area contributed by atoms with Crippen molar-refractivity contribution in [2.45, 2.75) is 59.0 Å². The van der Waals surface area contributed by atoms with Gasteiger partial charge in [-0.25, -0.2) is 4.79 Å². The molecule has 0 aromatic rings. The summed E-state index contributed by atoms with van der Waals surface area (Å²) in [6.45, 7) is 7.43. The Morgan fingerprint density at radius 1 is 1.35 bits per heavy atom. The van der Waals surface area contributed by atoms with Gasteiger partial charge in [0, 0.05) is 25.6 Å². The highest BCUT2D eigenvalue weighted by atomic mass is 32.1. The topological polar surface area (TPSA) is 97.2 Å². The van der Waals surface area contributed by atoms with Gasteiger partial charge in [0.25, 0.3) is 5.84 Å². The van der Waals surface area contributed by atoms with Gasteiger partial charge in [-0.1, -0.05) is 4.59 Å². The van der Waals surface area contributed by atoms with Crippen molar-refractivity contribution < 1.29 is 28.9 Å². The third-order valence-corrected chi connectivity index (χ3v) is 3.57. The number of rotatable bonds is 7. The molecule has 2 N–H and O–H groups in total.